The summed E-state index contributed by atoms with van der Waals surface area (Å²) in [6.07, 6.45) is 2.20. The molecule has 6 heteroatoms. The quantitative estimate of drug-likeness (QED) is 0.670. The molecule has 0 saturated carbocycles. The number of aromatic nitrogens is 2. The zero-order valence-corrected chi connectivity index (χ0v) is 12.8. The number of aryl methyl sites for hydroxylation is 1. The van der Waals surface area contributed by atoms with Gasteiger partial charge in [-0.25, -0.2) is 4.68 Å². The van der Waals surface area contributed by atoms with Crippen LogP contribution < -0.4 is 16.8 Å². The van der Waals surface area contributed by atoms with Crippen LogP contribution in [0.1, 0.15) is 25.5 Å². The third kappa shape index (κ3) is 4.08. The molecule has 0 spiro atoms. The number of rotatable bonds is 7. The van der Waals surface area contributed by atoms with Gasteiger partial charge in [-0.05, 0) is 31.4 Å². The van der Waals surface area contributed by atoms with Gasteiger partial charge in [-0.15, -0.1) is 0 Å². The summed E-state index contributed by atoms with van der Waals surface area (Å²) in [4.78, 5) is 11.6. The van der Waals surface area contributed by atoms with Gasteiger partial charge in [0, 0.05) is 12.6 Å². The molecule has 1 heterocycles. The fourth-order valence-corrected chi connectivity index (χ4v) is 2.14. The second kappa shape index (κ2) is 7.61. The van der Waals surface area contributed by atoms with Gasteiger partial charge in [0.05, 0.1) is 17.4 Å². The molecule has 2 aromatic rings. The lowest BCUT2D eigenvalue weighted by Gasteiger charge is -2.09. The van der Waals surface area contributed by atoms with Crippen molar-refractivity contribution in [3.63, 3.8) is 0 Å². The number of benzene rings is 1. The lowest BCUT2D eigenvalue weighted by molar-refractivity contribution is -0.122. The standard InChI is InChI=1S/C16H23N5O/c1-2-14(17)16(22)19-10-6-7-12-11-15(18)21(20-12)13-8-4-3-5-9-13/h3-5,8-9,11,14H,2,6-7,10,17-18H2,1H3,(H,19,22)/t14-/m0/s1. The monoisotopic (exact) mass is 301 g/mol. The van der Waals surface area contributed by atoms with E-state index in [-0.39, 0.29) is 5.91 Å². The molecule has 6 nitrogen and oxygen atoms in total. The van der Waals surface area contributed by atoms with Gasteiger partial charge in [0.15, 0.2) is 0 Å². The van der Waals surface area contributed by atoms with E-state index in [0.29, 0.717) is 18.8 Å². The minimum Gasteiger partial charge on any atom is -0.384 e. The van der Waals surface area contributed by atoms with Crippen molar-refractivity contribution in [1.82, 2.24) is 15.1 Å². The summed E-state index contributed by atoms with van der Waals surface area (Å²) in [5.41, 5.74) is 13.5. The molecule has 0 saturated heterocycles. The Morgan fingerprint density at radius 1 is 1.36 bits per heavy atom. The van der Waals surface area contributed by atoms with Gasteiger partial charge in [-0.1, -0.05) is 25.1 Å². The molecular weight excluding hydrogens is 278 g/mol. The van der Waals surface area contributed by atoms with E-state index in [1.165, 1.54) is 0 Å². The first-order valence-corrected chi connectivity index (χ1v) is 7.55. The van der Waals surface area contributed by atoms with Gasteiger partial charge in [0.2, 0.25) is 5.91 Å². The maximum Gasteiger partial charge on any atom is 0.236 e. The highest BCUT2D eigenvalue weighted by Crippen LogP contribution is 2.14. The van der Waals surface area contributed by atoms with Gasteiger partial charge in [0.25, 0.3) is 0 Å². The van der Waals surface area contributed by atoms with E-state index in [1.54, 1.807) is 4.68 Å². The molecule has 0 bridgehead atoms. The molecule has 0 unspecified atom stereocenters. The number of para-hydroxylation sites is 1. The van der Waals surface area contributed by atoms with E-state index in [0.717, 1.165) is 24.2 Å². The van der Waals surface area contributed by atoms with Gasteiger partial charge in [0.1, 0.15) is 5.82 Å². The summed E-state index contributed by atoms with van der Waals surface area (Å²) in [6, 6.07) is 11.2. The summed E-state index contributed by atoms with van der Waals surface area (Å²) < 4.78 is 1.72. The number of anilines is 1. The van der Waals surface area contributed by atoms with Gasteiger partial charge in [-0.3, -0.25) is 4.79 Å². The highest BCUT2D eigenvalue weighted by Gasteiger charge is 2.10. The minimum atomic E-state index is -0.423. The zero-order valence-electron chi connectivity index (χ0n) is 12.8. The van der Waals surface area contributed by atoms with Crippen LogP contribution in [-0.2, 0) is 11.2 Å². The second-order valence-corrected chi connectivity index (χ2v) is 5.22. The number of amides is 1. The van der Waals surface area contributed by atoms with E-state index in [2.05, 4.69) is 10.4 Å². The normalized spacial score (nSPS) is 12.1. The van der Waals surface area contributed by atoms with Crippen molar-refractivity contribution in [2.24, 2.45) is 5.73 Å². The molecule has 2 rings (SSSR count). The highest BCUT2D eigenvalue weighted by molar-refractivity contribution is 5.81. The Balaban J connectivity index is 1.86. The Bertz CT molecular complexity index is 608. The predicted octanol–water partition coefficient (Wildman–Crippen LogP) is 1.24. The SMILES string of the molecule is CC[C@H](N)C(=O)NCCCc1cc(N)n(-c2ccccc2)n1. The molecule has 1 atom stereocenters. The molecule has 0 aliphatic heterocycles. The number of carbonyl (C=O) groups excluding carboxylic acids is 1. The van der Waals surface area contributed by atoms with Gasteiger partial charge < -0.3 is 16.8 Å². The maximum atomic E-state index is 11.6. The molecule has 5 N–H and O–H groups in total. The lowest BCUT2D eigenvalue weighted by Crippen LogP contribution is -2.40. The van der Waals surface area contributed by atoms with Crippen LogP contribution >= 0.6 is 0 Å². The molecule has 1 amide bonds. The number of nitrogens with two attached hydrogens (primary N) is 2. The van der Waals surface area contributed by atoms with Crippen LogP contribution in [0.2, 0.25) is 0 Å². The van der Waals surface area contributed by atoms with Crippen LogP contribution in [0.5, 0.6) is 0 Å². The molecule has 22 heavy (non-hydrogen) atoms. The van der Waals surface area contributed by atoms with Gasteiger partial charge >= 0.3 is 0 Å². The molecular formula is C16H23N5O. The van der Waals surface area contributed by atoms with Crippen molar-refractivity contribution < 1.29 is 4.79 Å². The summed E-state index contributed by atoms with van der Waals surface area (Å²) in [5.74, 6) is 0.509. The first-order chi connectivity index (χ1) is 10.6. The van der Waals surface area contributed by atoms with E-state index in [1.807, 2.05) is 43.3 Å². The number of nitrogen functional groups attached to an aromatic ring is 1. The van der Waals surface area contributed by atoms with Crippen LogP contribution in [0, 0.1) is 0 Å². The Morgan fingerprint density at radius 3 is 2.77 bits per heavy atom. The van der Waals surface area contributed by atoms with E-state index in [9.17, 15) is 4.79 Å². The molecule has 0 radical (unpaired) electrons. The fraction of sp³-hybridized carbons (Fsp3) is 0.375. The molecule has 0 aliphatic carbocycles. The number of carbonyl (C=O) groups is 1. The smallest absolute Gasteiger partial charge is 0.236 e. The average Bonchev–Trinajstić information content (AvgIpc) is 2.92. The maximum absolute atomic E-state index is 11.6. The lowest BCUT2D eigenvalue weighted by atomic mass is 10.2. The van der Waals surface area contributed by atoms with E-state index in [4.69, 9.17) is 11.5 Å². The van der Waals surface area contributed by atoms with Crippen LogP contribution in [0.4, 0.5) is 5.82 Å². The van der Waals surface area contributed by atoms with Crippen molar-refractivity contribution in [3.05, 3.63) is 42.1 Å². The van der Waals surface area contributed by atoms with Crippen molar-refractivity contribution >= 4 is 11.7 Å². The van der Waals surface area contributed by atoms with Crippen molar-refractivity contribution in [2.45, 2.75) is 32.2 Å². The Hall–Kier alpha value is -2.34. The first kappa shape index (κ1) is 16.0. The number of nitrogens with one attached hydrogen (secondary N) is 1. The Kier molecular flexibility index (Phi) is 5.55. The molecule has 0 fully saturated rings. The largest absolute Gasteiger partial charge is 0.384 e. The third-order valence-corrected chi connectivity index (χ3v) is 3.47. The number of nitrogens with zero attached hydrogens (tertiary/aromatic N) is 2. The topological polar surface area (TPSA) is 99.0 Å². The fourth-order valence-electron chi connectivity index (χ4n) is 2.14. The summed E-state index contributed by atoms with van der Waals surface area (Å²) in [7, 11) is 0. The molecule has 118 valence electrons. The summed E-state index contributed by atoms with van der Waals surface area (Å²) in [5, 5.41) is 7.33. The van der Waals surface area contributed by atoms with Crippen molar-refractivity contribution in [1.29, 1.82) is 0 Å². The van der Waals surface area contributed by atoms with Crippen LogP contribution in [0.25, 0.3) is 5.69 Å². The Morgan fingerprint density at radius 2 is 2.09 bits per heavy atom. The van der Waals surface area contributed by atoms with E-state index >= 15 is 0 Å². The highest BCUT2D eigenvalue weighted by atomic mass is 16.2. The molecule has 1 aromatic carbocycles. The predicted molar refractivity (Wildman–Crippen MR) is 87.6 cm³/mol. The average molecular weight is 301 g/mol. The van der Waals surface area contributed by atoms with E-state index < -0.39 is 6.04 Å². The van der Waals surface area contributed by atoms with Crippen LogP contribution in [0.3, 0.4) is 0 Å². The van der Waals surface area contributed by atoms with Crippen molar-refractivity contribution in [3.8, 4) is 5.69 Å². The number of hydrogen-bond acceptors (Lipinski definition) is 4. The molecule has 0 aliphatic rings. The number of hydrogen-bond donors (Lipinski definition) is 3. The first-order valence-electron chi connectivity index (χ1n) is 7.55. The van der Waals surface area contributed by atoms with Crippen LogP contribution in [0.15, 0.2) is 36.4 Å². The summed E-state index contributed by atoms with van der Waals surface area (Å²) in [6.45, 7) is 2.48. The zero-order chi connectivity index (χ0) is 15.9. The van der Waals surface area contributed by atoms with Crippen molar-refractivity contribution in [2.75, 3.05) is 12.3 Å². The minimum absolute atomic E-state index is 0.100. The Labute approximate surface area is 130 Å². The van der Waals surface area contributed by atoms with Crippen LogP contribution in [-0.4, -0.2) is 28.3 Å². The van der Waals surface area contributed by atoms with Gasteiger partial charge in [-0.2, -0.15) is 5.10 Å². The summed E-state index contributed by atoms with van der Waals surface area (Å²) >= 11 is 0. The third-order valence-electron chi connectivity index (χ3n) is 3.47. The second-order valence-electron chi connectivity index (χ2n) is 5.22. The molecule has 1 aromatic heterocycles.